The lowest BCUT2D eigenvalue weighted by Crippen LogP contribution is -2.64. The third kappa shape index (κ3) is 12.3. The zero-order valence-electron chi connectivity index (χ0n) is 42.8. The first kappa shape index (κ1) is 53.9. The van der Waals surface area contributed by atoms with E-state index in [9.17, 15) is 24.0 Å². The number of esters is 2. The van der Waals surface area contributed by atoms with Crippen LogP contribution in [0.25, 0.3) is 11.4 Å². The van der Waals surface area contributed by atoms with Crippen LogP contribution in [0.1, 0.15) is 99.1 Å². The van der Waals surface area contributed by atoms with Crippen LogP contribution >= 0.6 is 0 Å². The first-order valence-electron chi connectivity index (χ1n) is 24.5. The Balaban J connectivity index is 1.19. The summed E-state index contributed by atoms with van der Waals surface area (Å²) in [5.41, 5.74) is 0.774. The number of benzene rings is 2. The Bertz CT molecular complexity index is 2300. The minimum atomic E-state index is -1.30. The van der Waals surface area contributed by atoms with Crippen LogP contribution in [0.5, 0.6) is 5.75 Å². The Kier molecular flexibility index (Phi) is 17.8. The highest BCUT2D eigenvalue weighted by atomic mass is 16.7. The number of rotatable bonds is 13. The quantitative estimate of drug-likeness (QED) is 0.0757. The third-order valence-corrected chi connectivity index (χ3v) is 14.4. The van der Waals surface area contributed by atoms with E-state index in [2.05, 4.69) is 20.6 Å². The summed E-state index contributed by atoms with van der Waals surface area (Å²) in [4.78, 5) is 79.5. The highest BCUT2D eigenvalue weighted by molar-refractivity contribution is 6.00. The molecule has 2 saturated heterocycles. The predicted octanol–water partition coefficient (Wildman–Crippen LogP) is 7.13. The maximum Gasteiger partial charge on any atom is 0.407 e. The Labute approximate surface area is 412 Å². The number of hydrogen-bond donors (Lipinski definition) is 2. The van der Waals surface area contributed by atoms with E-state index in [1.165, 1.54) is 21.0 Å². The van der Waals surface area contributed by atoms with E-state index in [0.717, 1.165) is 23.1 Å². The zero-order chi connectivity index (χ0) is 51.1. The second kappa shape index (κ2) is 23.2. The average Bonchev–Trinajstić information content (AvgIpc) is 3.34. The number of amides is 1. The summed E-state index contributed by atoms with van der Waals surface area (Å²) >= 11 is 0. The number of nitrogens with one attached hydrogen (secondary N) is 2. The van der Waals surface area contributed by atoms with Gasteiger partial charge in [-0.2, -0.15) is 0 Å². The lowest BCUT2D eigenvalue weighted by molar-refractivity contribution is -0.298. The van der Waals surface area contributed by atoms with Crippen LogP contribution in [0, 0.1) is 23.7 Å². The number of ketones is 2. The van der Waals surface area contributed by atoms with E-state index in [-0.39, 0.29) is 37.5 Å². The number of cyclic esters (lactones) is 1. The summed E-state index contributed by atoms with van der Waals surface area (Å²) in [5, 5.41) is 6.42. The molecule has 1 aromatic heterocycles. The largest absolute Gasteiger partial charge is 0.479 e. The number of carbonyl (C=O) groups excluding carboxylic acids is 5. The molecule has 0 spiro atoms. The first-order chi connectivity index (χ1) is 33.2. The number of ether oxygens (including phenoxy) is 7. The van der Waals surface area contributed by atoms with Crippen molar-refractivity contribution in [1.29, 1.82) is 0 Å². The minimum absolute atomic E-state index is 0.118. The molecule has 17 heteroatoms. The Morgan fingerprint density at radius 1 is 0.943 bits per heavy atom. The molecule has 0 saturated carbocycles. The van der Waals surface area contributed by atoms with Gasteiger partial charge in [0.1, 0.15) is 23.6 Å². The molecule has 3 aliphatic rings. The molecule has 13 atom stereocenters. The van der Waals surface area contributed by atoms with Gasteiger partial charge in [-0.3, -0.25) is 19.2 Å². The molecule has 0 radical (unpaired) electrons. The maximum absolute atomic E-state index is 14.9. The van der Waals surface area contributed by atoms with Crippen molar-refractivity contribution in [3.05, 3.63) is 72.1 Å². The highest BCUT2D eigenvalue weighted by Crippen LogP contribution is 2.44. The van der Waals surface area contributed by atoms with E-state index >= 15 is 0 Å². The molecule has 6 rings (SSSR count). The number of nitrogens with zero attached hydrogens (tertiary/aromatic N) is 3. The predicted molar refractivity (Wildman–Crippen MR) is 261 cm³/mol. The second-order valence-electron chi connectivity index (χ2n) is 19.9. The number of carbonyl (C=O) groups is 5. The molecule has 70 heavy (non-hydrogen) atoms. The van der Waals surface area contributed by atoms with E-state index in [0.29, 0.717) is 36.5 Å². The van der Waals surface area contributed by atoms with Crippen molar-refractivity contribution in [2.45, 2.75) is 155 Å². The van der Waals surface area contributed by atoms with Crippen molar-refractivity contribution < 1.29 is 57.1 Å². The fraction of sp³-hybridized carbons (Fsp3) is 0.604. The molecule has 2 N–H and O–H groups in total. The van der Waals surface area contributed by atoms with Gasteiger partial charge in [-0.1, -0.05) is 58.0 Å². The van der Waals surface area contributed by atoms with Crippen LogP contribution < -0.4 is 15.4 Å². The number of alkyl carbamates (subject to hydrolysis) is 1. The van der Waals surface area contributed by atoms with Crippen LogP contribution in [0.4, 0.5) is 10.5 Å². The van der Waals surface area contributed by atoms with Gasteiger partial charge in [-0.15, -0.1) is 0 Å². The van der Waals surface area contributed by atoms with Crippen molar-refractivity contribution in [3.63, 3.8) is 0 Å². The van der Waals surface area contributed by atoms with Gasteiger partial charge in [0, 0.05) is 56.3 Å². The van der Waals surface area contributed by atoms with Crippen molar-refractivity contribution in [3.8, 4) is 17.1 Å². The van der Waals surface area contributed by atoms with E-state index in [1.807, 2.05) is 90.0 Å². The van der Waals surface area contributed by atoms with Crippen molar-refractivity contribution >= 4 is 35.3 Å². The monoisotopic (exact) mass is 972 g/mol. The lowest BCUT2D eigenvalue weighted by Gasteiger charge is -2.50. The van der Waals surface area contributed by atoms with Crippen LogP contribution in [0.3, 0.4) is 0 Å². The summed E-state index contributed by atoms with van der Waals surface area (Å²) in [7, 11) is 5.26. The van der Waals surface area contributed by atoms with Gasteiger partial charge < -0.3 is 48.7 Å². The summed E-state index contributed by atoms with van der Waals surface area (Å²) in [6.45, 7) is 15.9. The highest BCUT2D eigenvalue weighted by Gasteiger charge is 2.55. The molecule has 1 amide bonds. The average molecular weight is 972 g/mol. The number of anilines is 1. The molecule has 2 aromatic carbocycles. The van der Waals surface area contributed by atoms with Gasteiger partial charge >= 0.3 is 18.0 Å². The molecule has 3 aliphatic heterocycles. The van der Waals surface area contributed by atoms with E-state index in [1.54, 1.807) is 38.4 Å². The minimum Gasteiger partial charge on any atom is -0.479 e. The molecule has 4 heterocycles. The van der Waals surface area contributed by atoms with Gasteiger partial charge in [0.2, 0.25) is 0 Å². The fourth-order valence-electron chi connectivity index (χ4n) is 10.4. The second-order valence-corrected chi connectivity index (χ2v) is 19.9. The third-order valence-electron chi connectivity index (χ3n) is 14.4. The van der Waals surface area contributed by atoms with Gasteiger partial charge in [0.15, 0.2) is 29.6 Å². The molecule has 3 aromatic rings. The first-order valence-corrected chi connectivity index (χ1v) is 24.5. The summed E-state index contributed by atoms with van der Waals surface area (Å²) in [5.74, 6) is -4.32. The number of likely N-dealkylation sites (N-methyl/N-ethyl adjacent to an activating group) is 1. The molecule has 2 fully saturated rings. The van der Waals surface area contributed by atoms with Crippen LogP contribution in [0.15, 0.2) is 60.9 Å². The number of hydrogen-bond acceptors (Lipinski definition) is 16. The molecule has 0 bridgehead atoms. The van der Waals surface area contributed by atoms with Crippen LogP contribution in [0.2, 0.25) is 0 Å². The van der Waals surface area contributed by atoms with Crippen molar-refractivity contribution in [2.24, 2.45) is 23.7 Å². The van der Waals surface area contributed by atoms with Crippen molar-refractivity contribution in [1.82, 2.24) is 20.2 Å². The Hall–Kier alpha value is -5.49. The fourth-order valence-corrected chi connectivity index (χ4v) is 10.4. The standard InChI is InChI=1S/C53H73N5O12/c1-13-42-53(9)46(57-39-27-37(19-22-41(39)70-53)29-56-51(63)65-25-14-16-36-17-20-38(21-18-36)48-54-23-15-24-55-48)32(4)43(60)30(2)28-52(8,64-12)47(33(5)44(61)34(6)49(62)68-42)69-50-45(67-35(7)59)40(58(10)11)26-31(3)66-50/h15,17-24,27,30-34,40,42,45-47,50,57H,13-14,16,25-26,28-29H2,1-12H3,(H,56,63)/t30-,31-,32+,33+,34-,40+,42?,45-,46-,47-,50+,52-,53-/m1/s1. The molecular weight excluding hydrogens is 899 g/mol. The molecule has 0 aliphatic carbocycles. The lowest BCUT2D eigenvalue weighted by atomic mass is 9.72. The van der Waals surface area contributed by atoms with Gasteiger partial charge in [0.25, 0.3) is 0 Å². The number of Topliss-reactive ketones (excluding diaryl/α,β-unsaturated/α-hetero) is 2. The Morgan fingerprint density at radius 3 is 2.27 bits per heavy atom. The normalized spacial score (nSPS) is 31.7. The van der Waals surface area contributed by atoms with E-state index < -0.39 is 89.3 Å². The molecule has 17 nitrogen and oxygen atoms in total. The number of methoxy groups -OCH3 is 1. The summed E-state index contributed by atoms with van der Waals surface area (Å²) in [6.07, 6.45) is 0.934. The molecular formula is C53H73N5O12. The van der Waals surface area contributed by atoms with Crippen molar-refractivity contribution in [2.75, 3.05) is 33.1 Å². The van der Waals surface area contributed by atoms with E-state index in [4.69, 9.17) is 33.2 Å². The smallest absolute Gasteiger partial charge is 0.407 e. The number of aryl methyl sites for hydroxylation is 1. The molecule has 382 valence electrons. The topological polar surface area (TPSA) is 203 Å². The molecule has 1 unspecified atom stereocenters. The van der Waals surface area contributed by atoms with Gasteiger partial charge in [-0.05, 0) is 103 Å². The SMILES string of the molecule is CCC1OC(=O)[C@H](C)C(=O)[C@H](C)[C@@H](O[C@@H]2O[C@H](C)C[C@H](N(C)C)[C@H]2OC(C)=O)[C@](C)(OC)C[C@@H](C)C(=O)[C@H](C)[C@H]2Nc3cc(CNC(=O)OCCCc4ccc(-c5ncccn5)cc4)ccc3O[C@]12C. The van der Waals surface area contributed by atoms with Gasteiger partial charge in [-0.25, -0.2) is 14.8 Å². The maximum atomic E-state index is 14.9. The Morgan fingerprint density at radius 2 is 1.63 bits per heavy atom. The summed E-state index contributed by atoms with van der Waals surface area (Å²) in [6, 6.07) is 14.2. The van der Waals surface area contributed by atoms with Crippen LogP contribution in [-0.4, -0.2) is 126 Å². The zero-order valence-corrected chi connectivity index (χ0v) is 42.8. The summed E-state index contributed by atoms with van der Waals surface area (Å²) < 4.78 is 43.8. The van der Waals surface area contributed by atoms with Crippen LogP contribution in [-0.2, 0) is 60.6 Å². The number of fused-ring (bicyclic) bond motifs is 2. The van der Waals surface area contributed by atoms with Gasteiger partial charge in [0.05, 0.1) is 42.2 Å². The number of aromatic nitrogens is 2.